The molecule has 3 aromatic carbocycles. The molecule has 0 bridgehead atoms. The number of benzene rings is 3. The van der Waals surface area contributed by atoms with Gasteiger partial charge in [0.1, 0.15) is 0 Å². The highest BCUT2D eigenvalue weighted by molar-refractivity contribution is 6.31. The highest BCUT2D eigenvalue weighted by atomic mass is 35.5. The molecule has 0 saturated carbocycles. The van der Waals surface area contributed by atoms with Crippen LogP contribution >= 0.6 is 11.6 Å². The van der Waals surface area contributed by atoms with Gasteiger partial charge in [0.2, 0.25) is 0 Å². The topological polar surface area (TPSA) is 12.0 Å². The van der Waals surface area contributed by atoms with Crippen LogP contribution in [0, 0.1) is 0 Å². The average molecular weight is 322 g/mol. The summed E-state index contributed by atoms with van der Waals surface area (Å²) in [5.74, 6) is 0. The van der Waals surface area contributed by atoms with Gasteiger partial charge in [0.15, 0.2) is 0 Å². The van der Waals surface area contributed by atoms with Crippen molar-refractivity contribution in [3.05, 3.63) is 95.0 Å². The molecule has 2 heteroatoms. The van der Waals surface area contributed by atoms with Crippen molar-refractivity contribution in [3.63, 3.8) is 0 Å². The number of rotatable bonds is 6. The van der Waals surface area contributed by atoms with E-state index < -0.39 is 0 Å². The summed E-state index contributed by atoms with van der Waals surface area (Å²) < 4.78 is 0. The number of hydrogen-bond acceptors (Lipinski definition) is 1. The van der Waals surface area contributed by atoms with Crippen molar-refractivity contribution in [2.75, 3.05) is 6.54 Å². The minimum absolute atomic E-state index is 0.848. The van der Waals surface area contributed by atoms with Gasteiger partial charge in [-0.1, -0.05) is 78.3 Å². The first-order valence-corrected chi connectivity index (χ1v) is 8.29. The highest BCUT2D eigenvalue weighted by Crippen LogP contribution is 2.20. The first-order valence-electron chi connectivity index (χ1n) is 7.91. The van der Waals surface area contributed by atoms with E-state index in [1.807, 2.05) is 24.3 Å². The fourth-order valence-electron chi connectivity index (χ4n) is 2.65. The van der Waals surface area contributed by atoms with Crippen molar-refractivity contribution >= 4 is 11.6 Å². The molecule has 23 heavy (non-hydrogen) atoms. The molecule has 3 aromatic rings. The van der Waals surface area contributed by atoms with E-state index in [-0.39, 0.29) is 0 Å². The number of nitrogens with one attached hydrogen (secondary N) is 1. The third kappa shape index (κ3) is 4.44. The molecular weight excluding hydrogens is 302 g/mol. The molecule has 0 saturated heterocycles. The lowest BCUT2D eigenvalue weighted by atomic mass is 10.0. The summed E-state index contributed by atoms with van der Waals surface area (Å²) in [6, 6.07) is 27.2. The summed E-state index contributed by atoms with van der Waals surface area (Å²) in [6.45, 7) is 1.78. The van der Waals surface area contributed by atoms with E-state index in [1.165, 1.54) is 22.3 Å². The minimum Gasteiger partial charge on any atom is -0.312 e. The Morgan fingerprint density at radius 3 is 2.30 bits per heavy atom. The van der Waals surface area contributed by atoms with Crippen molar-refractivity contribution < 1.29 is 0 Å². The van der Waals surface area contributed by atoms with Gasteiger partial charge >= 0.3 is 0 Å². The maximum Gasteiger partial charge on any atom is 0.0438 e. The van der Waals surface area contributed by atoms with Crippen molar-refractivity contribution in [2.45, 2.75) is 13.0 Å². The van der Waals surface area contributed by atoms with Crippen LogP contribution in [0.1, 0.15) is 11.1 Å². The van der Waals surface area contributed by atoms with E-state index in [0.29, 0.717) is 0 Å². The second-order valence-corrected chi connectivity index (χ2v) is 5.99. The zero-order chi connectivity index (χ0) is 15.9. The number of hydrogen-bond donors (Lipinski definition) is 1. The van der Waals surface area contributed by atoms with Crippen LogP contribution in [0.5, 0.6) is 0 Å². The second kappa shape index (κ2) is 7.96. The molecule has 0 aliphatic carbocycles. The molecule has 1 nitrogen and oxygen atoms in total. The van der Waals surface area contributed by atoms with Gasteiger partial charge in [0, 0.05) is 11.6 Å². The lowest BCUT2D eigenvalue weighted by Gasteiger charge is -2.08. The van der Waals surface area contributed by atoms with Gasteiger partial charge in [-0.05, 0) is 47.4 Å². The summed E-state index contributed by atoms with van der Waals surface area (Å²) in [6.07, 6.45) is 0.943. The normalized spacial score (nSPS) is 10.7. The van der Waals surface area contributed by atoms with E-state index >= 15 is 0 Å². The van der Waals surface area contributed by atoms with Gasteiger partial charge < -0.3 is 5.32 Å². The van der Waals surface area contributed by atoms with Crippen molar-refractivity contribution in [2.24, 2.45) is 0 Å². The van der Waals surface area contributed by atoms with E-state index in [2.05, 4.69) is 59.9 Å². The molecule has 0 fully saturated rings. The SMILES string of the molecule is Clc1ccccc1CCNCc1cccc(-c2ccccc2)c1. The second-order valence-electron chi connectivity index (χ2n) is 5.58. The molecule has 0 atom stereocenters. The van der Waals surface area contributed by atoms with E-state index in [9.17, 15) is 0 Å². The summed E-state index contributed by atoms with van der Waals surface area (Å²) in [7, 11) is 0. The minimum atomic E-state index is 0.848. The van der Waals surface area contributed by atoms with Gasteiger partial charge in [0.05, 0.1) is 0 Å². The third-order valence-corrected chi connectivity index (χ3v) is 4.26. The largest absolute Gasteiger partial charge is 0.312 e. The van der Waals surface area contributed by atoms with Crippen LogP contribution in [0.15, 0.2) is 78.9 Å². The Morgan fingerprint density at radius 1 is 0.739 bits per heavy atom. The zero-order valence-electron chi connectivity index (χ0n) is 13.0. The Morgan fingerprint density at radius 2 is 1.48 bits per heavy atom. The van der Waals surface area contributed by atoms with Gasteiger partial charge in [0.25, 0.3) is 0 Å². The molecule has 0 heterocycles. The van der Waals surface area contributed by atoms with Crippen LogP contribution in [0.4, 0.5) is 0 Å². The Labute approximate surface area is 142 Å². The molecule has 0 unspecified atom stereocenters. The highest BCUT2D eigenvalue weighted by Gasteiger charge is 2.00. The van der Waals surface area contributed by atoms with E-state index in [1.54, 1.807) is 0 Å². The maximum atomic E-state index is 6.18. The Hall–Kier alpha value is -2.09. The monoisotopic (exact) mass is 321 g/mol. The molecule has 0 aromatic heterocycles. The first-order chi connectivity index (χ1) is 11.3. The van der Waals surface area contributed by atoms with Crippen molar-refractivity contribution in [1.29, 1.82) is 0 Å². The summed E-state index contributed by atoms with van der Waals surface area (Å²) in [5, 5.41) is 4.34. The standard InChI is InChI=1S/C21H20ClN/c22-21-12-5-4-10-19(21)13-14-23-16-17-7-6-11-20(15-17)18-8-2-1-3-9-18/h1-12,15,23H,13-14,16H2. The van der Waals surface area contributed by atoms with Crippen LogP contribution < -0.4 is 5.32 Å². The van der Waals surface area contributed by atoms with Crippen molar-refractivity contribution in [3.8, 4) is 11.1 Å². The van der Waals surface area contributed by atoms with Gasteiger partial charge in [-0.15, -0.1) is 0 Å². The van der Waals surface area contributed by atoms with Crippen LogP contribution in [-0.2, 0) is 13.0 Å². The van der Waals surface area contributed by atoms with Crippen LogP contribution in [0.25, 0.3) is 11.1 Å². The molecule has 0 spiro atoms. The summed E-state index contributed by atoms with van der Waals surface area (Å²) >= 11 is 6.18. The molecule has 3 rings (SSSR count). The van der Waals surface area contributed by atoms with Gasteiger partial charge in [-0.25, -0.2) is 0 Å². The van der Waals surface area contributed by atoms with Crippen molar-refractivity contribution in [1.82, 2.24) is 5.32 Å². The zero-order valence-corrected chi connectivity index (χ0v) is 13.8. The molecular formula is C21H20ClN. The van der Waals surface area contributed by atoms with Crippen LogP contribution in [0.3, 0.4) is 0 Å². The predicted octanol–water partition coefficient (Wildman–Crippen LogP) is 5.34. The molecule has 0 aliphatic heterocycles. The smallest absolute Gasteiger partial charge is 0.0438 e. The third-order valence-electron chi connectivity index (χ3n) is 3.89. The molecule has 0 aliphatic rings. The van der Waals surface area contributed by atoms with E-state index in [4.69, 9.17) is 11.6 Å². The Balaban J connectivity index is 1.56. The molecule has 116 valence electrons. The maximum absolute atomic E-state index is 6.18. The lowest BCUT2D eigenvalue weighted by molar-refractivity contribution is 0.687. The quantitative estimate of drug-likeness (QED) is 0.604. The predicted molar refractivity (Wildman–Crippen MR) is 98.7 cm³/mol. The fourth-order valence-corrected chi connectivity index (χ4v) is 2.88. The average Bonchev–Trinajstić information content (AvgIpc) is 2.61. The Bertz CT molecular complexity index is 753. The Kier molecular flexibility index (Phi) is 5.46. The molecule has 0 amide bonds. The summed E-state index contributed by atoms with van der Waals surface area (Å²) in [5.41, 5.74) is 5.01. The van der Waals surface area contributed by atoms with Crippen LogP contribution in [-0.4, -0.2) is 6.54 Å². The van der Waals surface area contributed by atoms with Crippen LogP contribution in [0.2, 0.25) is 5.02 Å². The molecule has 1 N–H and O–H groups in total. The van der Waals surface area contributed by atoms with Gasteiger partial charge in [-0.2, -0.15) is 0 Å². The first kappa shape index (κ1) is 15.8. The number of halogens is 1. The summed E-state index contributed by atoms with van der Waals surface area (Å²) in [4.78, 5) is 0. The molecule has 0 radical (unpaired) electrons. The van der Waals surface area contributed by atoms with Gasteiger partial charge in [-0.3, -0.25) is 0 Å². The lowest BCUT2D eigenvalue weighted by Crippen LogP contribution is -2.16. The van der Waals surface area contributed by atoms with E-state index in [0.717, 1.165) is 24.5 Å². The fraction of sp³-hybridized carbons (Fsp3) is 0.143.